The van der Waals surface area contributed by atoms with Crippen LogP contribution in [0.4, 0.5) is 0 Å². The van der Waals surface area contributed by atoms with Crippen molar-refractivity contribution in [2.75, 3.05) is 0 Å². The molecule has 4 rings (SSSR count). The molecule has 5 nitrogen and oxygen atoms in total. The maximum absolute atomic E-state index is 12.7. The van der Waals surface area contributed by atoms with Gasteiger partial charge in [0.15, 0.2) is 6.10 Å². The largest absolute Gasteiger partial charge is 0.461 e. The van der Waals surface area contributed by atoms with E-state index in [0.717, 1.165) is 6.42 Å². The molecule has 0 unspecified atom stereocenters. The number of ether oxygens (including phenoxy) is 2. The first-order chi connectivity index (χ1) is 11.9. The van der Waals surface area contributed by atoms with Gasteiger partial charge in [-0.2, -0.15) is 0 Å². The molecule has 2 saturated carbocycles. The molecule has 3 fully saturated rings. The van der Waals surface area contributed by atoms with E-state index in [1.165, 1.54) is 6.92 Å². The van der Waals surface area contributed by atoms with Crippen molar-refractivity contribution in [3.8, 4) is 0 Å². The monoisotopic (exact) mass is 426 g/mol. The second-order valence-corrected chi connectivity index (χ2v) is 8.41. The Morgan fingerprint density at radius 3 is 2.84 bits per heavy atom. The van der Waals surface area contributed by atoms with E-state index in [-0.39, 0.29) is 34.5 Å². The van der Waals surface area contributed by atoms with Gasteiger partial charge in [-0.1, -0.05) is 39.7 Å². The van der Waals surface area contributed by atoms with Crippen molar-refractivity contribution in [3.63, 3.8) is 0 Å². The van der Waals surface area contributed by atoms with Crippen LogP contribution in [-0.2, 0) is 19.1 Å². The van der Waals surface area contributed by atoms with Gasteiger partial charge in [-0.15, -0.1) is 0 Å². The summed E-state index contributed by atoms with van der Waals surface area (Å²) in [6.07, 6.45) is -0.308. The number of hydrogen-bond acceptors (Lipinski definition) is 5. The Morgan fingerprint density at radius 2 is 2.12 bits per heavy atom. The minimum absolute atomic E-state index is 0.00687. The average Bonchev–Trinajstić information content (AvgIpc) is 3.18. The zero-order chi connectivity index (χ0) is 17.9. The van der Waals surface area contributed by atoms with Crippen LogP contribution in [0.1, 0.15) is 23.7 Å². The minimum atomic E-state index is -0.938. The normalized spacial score (nSPS) is 36.2. The number of hydrogen-bond donors (Lipinski definition) is 0. The molecule has 1 aromatic carbocycles. The van der Waals surface area contributed by atoms with Crippen molar-refractivity contribution in [1.29, 1.82) is 0 Å². The highest BCUT2D eigenvalue weighted by Gasteiger charge is 2.68. The molecule has 0 radical (unpaired) electrons. The van der Waals surface area contributed by atoms with Gasteiger partial charge in [-0.05, 0) is 31.4 Å². The van der Waals surface area contributed by atoms with Crippen LogP contribution in [0, 0.1) is 23.7 Å². The first-order valence-electron chi connectivity index (χ1n) is 8.23. The maximum atomic E-state index is 12.7. The Balaban J connectivity index is 1.49. The maximum Gasteiger partial charge on any atom is 0.310 e. The molecule has 132 valence electrons. The molecule has 1 aromatic rings. The highest BCUT2D eigenvalue weighted by molar-refractivity contribution is 9.09. The van der Waals surface area contributed by atoms with Crippen molar-refractivity contribution >= 4 is 45.3 Å². The number of ketones is 1. The minimum Gasteiger partial charge on any atom is -0.461 e. The standard InChI is InChI=1S/C18H16BrClO5/c1-7(15(21)8-3-2-4-9(20)5-8)24-17(22)12-10-6-11-13(12)18(23)25-16(11)14(10)19/h2-5,7,10-14,16H,6H2,1H3/t7-,10+,11+,12+,13+,14-,16-/m0/s1. The summed E-state index contributed by atoms with van der Waals surface area (Å²) >= 11 is 9.46. The molecule has 0 aromatic heterocycles. The van der Waals surface area contributed by atoms with Crippen molar-refractivity contribution in [2.45, 2.75) is 30.4 Å². The number of rotatable bonds is 4. The van der Waals surface area contributed by atoms with E-state index in [1.807, 2.05) is 0 Å². The van der Waals surface area contributed by atoms with Gasteiger partial charge in [0.1, 0.15) is 6.10 Å². The number of fused-ring (bicyclic) bond motifs is 1. The van der Waals surface area contributed by atoms with Crippen LogP contribution in [0.5, 0.6) is 0 Å². The van der Waals surface area contributed by atoms with Gasteiger partial charge in [0.25, 0.3) is 0 Å². The first kappa shape index (κ1) is 17.0. The van der Waals surface area contributed by atoms with Crippen LogP contribution in [-0.4, -0.2) is 34.8 Å². The summed E-state index contributed by atoms with van der Waals surface area (Å²) in [6.45, 7) is 1.54. The van der Waals surface area contributed by atoms with E-state index in [2.05, 4.69) is 15.9 Å². The van der Waals surface area contributed by atoms with Crippen LogP contribution in [0.3, 0.4) is 0 Å². The van der Waals surface area contributed by atoms with E-state index < -0.39 is 23.9 Å². The summed E-state index contributed by atoms with van der Waals surface area (Å²) in [6, 6.07) is 6.51. The van der Waals surface area contributed by atoms with Crippen molar-refractivity contribution in [2.24, 2.45) is 23.7 Å². The summed E-state index contributed by atoms with van der Waals surface area (Å²) in [5.41, 5.74) is 0.388. The molecule has 7 atom stereocenters. The zero-order valence-corrected chi connectivity index (χ0v) is 15.7. The SMILES string of the molecule is C[C@H](OC(=O)[C@@H]1[C@H]2C[C@H]3[C@H](OC(=O)[C@H]31)[C@H]2Br)C(=O)c1cccc(Cl)c1. The molecule has 7 heteroatoms. The summed E-state index contributed by atoms with van der Waals surface area (Å²) in [5, 5.41) is 0.444. The Bertz CT molecular complexity index is 766. The number of esters is 2. The summed E-state index contributed by atoms with van der Waals surface area (Å²) < 4.78 is 10.8. The molecule has 2 bridgehead atoms. The number of halogens is 2. The highest BCUT2D eigenvalue weighted by Crippen LogP contribution is 2.60. The molecular formula is C18H16BrClO5. The third kappa shape index (κ3) is 2.61. The molecule has 0 amide bonds. The highest BCUT2D eigenvalue weighted by atomic mass is 79.9. The Morgan fingerprint density at radius 1 is 1.36 bits per heavy atom. The number of carbonyl (C=O) groups is 3. The number of Topliss-reactive ketones (excluding diaryl/α,β-unsaturated/α-hetero) is 1. The quantitative estimate of drug-likeness (QED) is 0.420. The number of benzene rings is 1. The van der Waals surface area contributed by atoms with Gasteiger partial charge in [0, 0.05) is 16.5 Å². The zero-order valence-electron chi connectivity index (χ0n) is 13.4. The van der Waals surface area contributed by atoms with E-state index in [0.29, 0.717) is 10.6 Å². The number of carbonyl (C=O) groups excluding carboxylic acids is 3. The van der Waals surface area contributed by atoms with Gasteiger partial charge in [0.2, 0.25) is 5.78 Å². The molecule has 2 aliphatic carbocycles. The molecular weight excluding hydrogens is 412 g/mol. The van der Waals surface area contributed by atoms with Crippen LogP contribution in [0.15, 0.2) is 24.3 Å². The van der Waals surface area contributed by atoms with Gasteiger partial charge in [0.05, 0.1) is 16.7 Å². The summed E-state index contributed by atoms with van der Waals surface area (Å²) in [7, 11) is 0. The molecule has 25 heavy (non-hydrogen) atoms. The van der Waals surface area contributed by atoms with Crippen molar-refractivity contribution < 1.29 is 23.9 Å². The van der Waals surface area contributed by atoms with Crippen LogP contribution < -0.4 is 0 Å². The Hall–Kier alpha value is -1.40. The first-order valence-corrected chi connectivity index (χ1v) is 9.52. The van der Waals surface area contributed by atoms with Crippen LogP contribution in [0.2, 0.25) is 5.02 Å². The topological polar surface area (TPSA) is 69.7 Å². The van der Waals surface area contributed by atoms with Crippen molar-refractivity contribution in [1.82, 2.24) is 0 Å². The summed E-state index contributed by atoms with van der Waals surface area (Å²) in [4.78, 5) is 37.2. The molecule has 1 saturated heterocycles. The summed E-state index contributed by atoms with van der Waals surface area (Å²) in [5.74, 6) is -2.05. The van der Waals surface area contributed by atoms with E-state index >= 15 is 0 Å². The molecule has 1 aliphatic heterocycles. The van der Waals surface area contributed by atoms with Crippen molar-refractivity contribution in [3.05, 3.63) is 34.9 Å². The van der Waals surface area contributed by atoms with E-state index in [4.69, 9.17) is 21.1 Å². The Labute approximate surface area is 158 Å². The Kier molecular flexibility index (Phi) is 4.15. The second-order valence-electron chi connectivity index (χ2n) is 6.91. The lowest BCUT2D eigenvalue weighted by Crippen LogP contribution is -2.40. The molecule has 1 heterocycles. The number of alkyl halides is 1. The fraction of sp³-hybridized carbons (Fsp3) is 0.500. The predicted octanol–water partition coefficient (Wildman–Crippen LogP) is 3.03. The predicted molar refractivity (Wildman–Crippen MR) is 92.5 cm³/mol. The second kappa shape index (κ2) is 6.09. The third-order valence-corrected chi connectivity index (χ3v) is 7.00. The molecule has 0 N–H and O–H groups in total. The smallest absolute Gasteiger partial charge is 0.310 e. The van der Waals surface area contributed by atoms with Gasteiger partial charge >= 0.3 is 11.9 Å². The van der Waals surface area contributed by atoms with Crippen LogP contribution in [0.25, 0.3) is 0 Å². The van der Waals surface area contributed by atoms with Gasteiger partial charge < -0.3 is 9.47 Å². The van der Waals surface area contributed by atoms with Gasteiger partial charge in [-0.25, -0.2) is 0 Å². The van der Waals surface area contributed by atoms with E-state index in [9.17, 15) is 14.4 Å². The average molecular weight is 428 g/mol. The molecule has 3 aliphatic rings. The van der Waals surface area contributed by atoms with Crippen LogP contribution >= 0.6 is 27.5 Å². The molecule has 0 spiro atoms. The van der Waals surface area contributed by atoms with Gasteiger partial charge in [-0.3, -0.25) is 14.4 Å². The lowest BCUT2D eigenvalue weighted by molar-refractivity contribution is -0.157. The third-order valence-electron chi connectivity index (χ3n) is 5.57. The fourth-order valence-electron chi connectivity index (χ4n) is 4.48. The van der Waals surface area contributed by atoms with E-state index in [1.54, 1.807) is 24.3 Å². The lowest BCUT2D eigenvalue weighted by atomic mass is 9.80. The fourth-order valence-corrected chi connectivity index (χ4v) is 5.71. The lowest BCUT2D eigenvalue weighted by Gasteiger charge is -2.27.